The number of anilines is 1. The molecule has 0 bridgehead atoms. The van der Waals surface area contributed by atoms with E-state index in [-0.39, 0.29) is 6.61 Å². The summed E-state index contributed by atoms with van der Waals surface area (Å²) in [6.07, 6.45) is 1.11. The monoisotopic (exact) mass is 252 g/mol. The lowest BCUT2D eigenvalue weighted by Gasteiger charge is -2.21. The summed E-state index contributed by atoms with van der Waals surface area (Å²) in [6, 6.07) is 7.99. The molecule has 0 saturated carbocycles. The van der Waals surface area contributed by atoms with E-state index >= 15 is 0 Å². The Hall–Kier alpha value is -1.10. The van der Waals surface area contributed by atoms with Crippen molar-refractivity contribution >= 4 is 5.69 Å². The number of hydrogen-bond acceptors (Lipinski definition) is 4. The Kier molecular flexibility index (Phi) is 7.41. The maximum absolute atomic E-state index is 8.65. The largest absolute Gasteiger partial charge is 0.399 e. The number of hydrogen-bond donors (Lipinski definition) is 2. The molecule has 0 radical (unpaired) electrons. The third kappa shape index (κ3) is 6.00. The molecule has 0 spiro atoms. The minimum atomic E-state index is 0.0863. The molecule has 0 aliphatic carbocycles. The van der Waals surface area contributed by atoms with Gasteiger partial charge in [-0.05, 0) is 30.7 Å². The van der Waals surface area contributed by atoms with E-state index in [9.17, 15) is 0 Å². The van der Waals surface area contributed by atoms with Crippen molar-refractivity contribution in [1.29, 1.82) is 0 Å². The maximum Gasteiger partial charge on any atom is 0.0698 e. The van der Waals surface area contributed by atoms with Crippen LogP contribution in [0.25, 0.3) is 0 Å². The quantitative estimate of drug-likeness (QED) is 0.516. The number of nitrogens with zero attached hydrogens (tertiary/aromatic N) is 1. The Labute approximate surface area is 109 Å². The summed E-state index contributed by atoms with van der Waals surface area (Å²) in [5, 5.41) is 8.65. The molecule has 1 aromatic carbocycles. The van der Waals surface area contributed by atoms with Crippen molar-refractivity contribution in [3.63, 3.8) is 0 Å². The highest BCUT2D eigenvalue weighted by atomic mass is 16.5. The van der Waals surface area contributed by atoms with E-state index in [1.807, 2.05) is 18.2 Å². The second kappa shape index (κ2) is 8.91. The van der Waals surface area contributed by atoms with Gasteiger partial charge in [0, 0.05) is 18.8 Å². The van der Waals surface area contributed by atoms with Gasteiger partial charge in [0.15, 0.2) is 0 Å². The maximum atomic E-state index is 8.65. The fraction of sp³-hybridized carbons (Fsp3) is 0.571. The van der Waals surface area contributed by atoms with Gasteiger partial charge in [-0.3, -0.25) is 4.90 Å². The highest BCUT2D eigenvalue weighted by molar-refractivity contribution is 5.40. The molecule has 0 aliphatic heterocycles. The Morgan fingerprint density at radius 1 is 1.28 bits per heavy atom. The molecular weight excluding hydrogens is 228 g/mol. The SMILES string of the molecule is CCCN(CCOCCO)Cc1cccc(N)c1. The number of rotatable bonds is 9. The zero-order chi connectivity index (χ0) is 13.2. The summed E-state index contributed by atoms with van der Waals surface area (Å²) in [5.74, 6) is 0. The average Bonchev–Trinajstić information content (AvgIpc) is 2.35. The fourth-order valence-corrected chi connectivity index (χ4v) is 1.90. The molecule has 0 aliphatic rings. The summed E-state index contributed by atoms with van der Waals surface area (Å²) in [5.41, 5.74) is 7.81. The second-order valence-corrected chi connectivity index (χ2v) is 4.36. The van der Waals surface area contributed by atoms with Crippen molar-refractivity contribution in [2.75, 3.05) is 38.6 Å². The van der Waals surface area contributed by atoms with Gasteiger partial charge in [-0.25, -0.2) is 0 Å². The van der Waals surface area contributed by atoms with Crippen molar-refractivity contribution in [3.05, 3.63) is 29.8 Å². The van der Waals surface area contributed by atoms with Gasteiger partial charge >= 0.3 is 0 Å². The number of benzene rings is 1. The molecule has 1 aromatic rings. The molecule has 0 heterocycles. The van der Waals surface area contributed by atoms with Gasteiger partial charge in [-0.15, -0.1) is 0 Å². The van der Waals surface area contributed by atoms with Crippen LogP contribution < -0.4 is 5.73 Å². The summed E-state index contributed by atoms with van der Waals surface area (Å²) >= 11 is 0. The van der Waals surface area contributed by atoms with Gasteiger partial charge in [0.25, 0.3) is 0 Å². The van der Waals surface area contributed by atoms with Crippen molar-refractivity contribution in [1.82, 2.24) is 4.90 Å². The van der Waals surface area contributed by atoms with Crippen LogP contribution in [-0.2, 0) is 11.3 Å². The summed E-state index contributed by atoms with van der Waals surface area (Å²) in [4.78, 5) is 2.34. The fourth-order valence-electron chi connectivity index (χ4n) is 1.90. The molecule has 4 nitrogen and oxygen atoms in total. The minimum Gasteiger partial charge on any atom is -0.399 e. The van der Waals surface area contributed by atoms with Crippen LogP contribution in [0, 0.1) is 0 Å². The van der Waals surface area contributed by atoms with E-state index in [0.717, 1.165) is 31.7 Å². The van der Waals surface area contributed by atoms with Gasteiger partial charge in [0.2, 0.25) is 0 Å². The predicted molar refractivity (Wildman–Crippen MR) is 74.3 cm³/mol. The third-order valence-electron chi connectivity index (χ3n) is 2.68. The van der Waals surface area contributed by atoms with Crippen molar-refractivity contribution in [3.8, 4) is 0 Å². The van der Waals surface area contributed by atoms with Crippen molar-refractivity contribution in [2.45, 2.75) is 19.9 Å². The van der Waals surface area contributed by atoms with Crippen LogP contribution in [0.4, 0.5) is 5.69 Å². The van der Waals surface area contributed by atoms with Crippen molar-refractivity contribution < 1.29 is 9.84 Å². The normalized spacial score (nSPS) is 11.1. The Bertz CT molecular complexity index is 331. The molecule has 18 heavy (non-hydrogen) atoms. The zero-order valence-corrected chi connectivity index (χ0v) is 11.1. The number of nitrogen functional groups attached to an aromatic ring is 1. The number of aliphatic hydroxyl groups excluding tert-OH is 1. The van der Waals surface area contributed by atoms with Gasteiger partial charge in [0.1, 0.15) is 0 Å². The van der Waals surface area contributed by atoms with Gasteiger partial charge in [-0.1, -0.05) is 19.1 Å². The van der Waals surface area contributed by atoms with E-state index in [2.05, 4.69) is 17.9 Å². The summed E-state index contributed by atoms with van der Waals surface area (Å²) < 4.78 is 5.30. The highest BCUT2D eigenvalue weighted by Gasteiger charge is 2.05. The van der Waals surface area contributed by atoms with Crippen molar-refractivity contribution in [2.24, 2.45) is 0 Å². The summed E-state index contributed by atoms with van der Waals surface area (Å²) in [6.45, 7) is 6.13. The van der Waals surface area contributed by atoms with Crippen LogP contribution >= 0.6 is 0 Å². The van der Waals surface area contributed by atoms with Gasteiger partial charge in [-0.2, -0.15) is 0 Å². The van der Waals surface area contributed by atoms with Crippen LogP contribution in [0.3, 0.4) is 0 Å². The molecular formula is C14H24N2O2. The molecule has 4 heteroatoms. The zero-order valence-electron chi connectivity index (χ0n) is 11.1. The van der Waals surface area contributed by atoms with Gasteiger partial charge < -0.3 is 15.6 Å². The Balaban J connectivity index is 2.41. The first-order valence-corrected chi connectivity index (χ1v) is 6.51. The molecule has 0 atom stereocenters. The Morgan fingerprint density at radius 2 is 2.11 bits per heavy atom. The van der Waals surface area contributed by atoms with Crippen LogP contribution in [-0.4, -0.2) is 42.9 Å². The topological polar surface area (TPSA) is 58.7 Å². The third-order valence-corrected chi connectivity index (χ3v) is 2.68. The average molecular weight is 252 g/mol. The van der Waals surface area contributed by atoms with Crippen LogP contribution in [0.5, 0.6) is 0 Å². The first kappa shape index (κ1) is 15.0. The molecule has 0 fully saturated rings. The van der Waals surface area contributed by atoms with Gasteiger partial charge in [0.05, 0.1) is 19.8 Å². The predicted octanol–water partition coefficient (Wildman–Crippen LogP) is 1.49. The first-order chi connectivity index (χ1) is 8.76. The highest BCUT2D eigenvalue weighted by Crippen LogP contribution is 2.09. The molecule has 1 rings (SSSR count). The molecule has 0 amide bonds. The van der Waals surface area contributed by atoms with E-state index < -0.39 is 0 Å². The number of nitrogens with two attached hydrogens (primary N) is 1. The molecule has 3 N–H and O–H groups in total. The van der Waals surface area contributed by atoms with Crippen LogP contribution in [0.1, 0.15) is 18.9 Å². The summed E-state index contributed by atoms with van der Waals surface area (Å²) in [7, 11) is 0. The molecule has 0 unspecified atom stereocenters. The van der Waals surface area contributed by atoms with E-state index in [1.54, 1.807) is 0 Å². The number of ether oxygens (including phenoxy) is 1. The lowest BCUT2D eigenvalue weighted by Crippen LogP contribution is -2.28. The van der Waals surface area contributed by atoms with E-state index in [0.29, 0.717) is 13.2 Å². The van der Waals surface area contributed by atoms with E-state index in [1.165, 1.54) is 5.56 Å². The lowest BCUT2D eigenvalue weighted by atomic mass is 10.2. The smallest absolute Gasteiger partial charge is 0.0698 e. The lowest BCUT2D eigenvalue weighted by molar-refractivity contribution is 0.0720. The molecule has 0 aromatic heterocycles. The first-order valence-electron chi connectivity index (χ1n) is 6.51. The van der Waals surface area contributed by atoms with Crippen LogP contribution in [0.15, 0.2) is 24.3 Å². The standard InChI is InChI=1S/C14H24N2O2/c1-2-6-16(7-9-18-10-8-17)12-13-4-3-5-14(15)11-13/h3-5,11,17H,2,6-10,12,15H2,1H3. The molecule has 0 saturated heterocycles. The minimum absolute atomic E-state index is 0.0863. The van der Waals surface area contributed by atoms with Crippen LogP contribution in [0.2, 0.25) is 0 Å². The van der Waals surface area contributed by atoms with E-state index in [4.69, 9.17) is 15.6 Å². The molecule has 102 valence electrons. The Morgan fingerprint density at radius 3 is 2.78 bits per heavy atom. The second-order valence-electron chi connectivity index (χ2n) is 4.36. The number of aliphatic hydroxyl groups is 1.